The topological polar surface area (TPSA) is 26.0 Å². The molecule has 1 aromatic rings. The fraction of sp³-hybridized carbons (Fsp3) is 0.455. The van der Waals surface area contributed by atoms with Crippen molar-refractivity contribution in [3.63, 3.8) is 0 Å². The third-order valence-electron chi connectivity index (χ3n) is 2.02. The van der Waals surface area contributed by atoms with E-state index in [-0.39, 0.29) is 11.9 Å². The Morgan fingerprint density at radius 3 is 2.23 bits per heavy atom. The molecule has 0 aliphatic carbocycles. The maximum Gasteiger partial charge on any atom is 0.123 e. The Kier molecular flexibility index (Phi) is 3.43. The van der Waals surface area contributed by atoms with Crippen molar-refractivity contribution in [2.45, 2.75) is 26.3 Å². The maximum absolute atomic E-state index is 12.6. The zero-order valence-corrected chi connectivity index (χ0v) is 8.13. The van der Waals surface area contributed by atoms with Gasteiger partial charge in [-0.15, -0.1) is 0 Å². The van der Waals surface area contributed by atoms with Gasteiger partial charge in [-0.05, 0) is 30.0 Å². The third kappa shape index (κ3) is 3.15. The highest BCUT2D eigenvalue weighted by molar-refractivity contribution is 5.19. The van der Waals surface area contributed by atoms with Crippen molar-refractivity contribution < 1.29 is 4.39 Å². The zero-order valence-electron chi connectivity index (χ0n) is 8.13. The standard InChI is InChI=1S/C11H16FN/c1-8(2)7-11(13)9-3-5-10(12)6-4-9/h3-6,8,11H,7,13H2,1-2H3. The molecule has 72 valence electrons. The van der Waals surface area contributed by atoms with Crippen LogP contribution in [0, 0.1) is 11.7 Å². The van der Waals surface area contributed by atoms with Gasteiger partial charge in [0.25, 0.3) is 0 Å². The van der Waals surface area contributed by atoms with Crippen molar-refractivity contribution in [3.8, 4) is 0 Å². The van der Waals surface area contributed by atoms with Gasteiger partial charge in [0.1, 0.15) is 5.82 Å². The van der Waals surface area contributed by atoms with Crippen LogP contribution in [-0.2, 0) is 0 Å². The monoisotopic (exact) mass is 181 g/mol. The summed E-state index contributed by atoms with van der Waals surface area (Å²) >= 11 is 0. The summed E-state index contributed by atoms with van der Waals surface area (Å²) < 4.78 is 12.6. The molecule has 0 bridgehead atoms. The molecule has 0 aliphatic heterocycles. The minimum absolute atomic E-state index is 0.0283. The molecule has 1 nitrogen and oxygen atoms in total. The molecule has 2 heteroatoms. The van der Waals surface area contributed by atoms with Crippen LogP contribution in [0.3, 0.4) is 0 Å². The van der Waals surface area contributed by atoms with E-state index in [9.17, 15) is 4.39 Å². The summed E-state index contributed by atoms with van der Waals surface area (Å²) in [6.07, 6.45) is 0.936. The van der Waals surface area contributed by atoms with Crippen LogP contribution >= 0.6 is 0 Å². The Morgan fingerprint density at radius 2 is 1.77 bits per heavy atom. The van der Waals surface area contributed by atoms with Gasteiger partial charge < -0.3 is 5.73 Å². The fourth-order valence-corrected chi connectivity index (χ4v) is 1.35. The van der Waals surface area contributed by atoms with E-state index in [1.165, 1.54) is 12.1 Å². The Morgan fingerprint density at radius 1 is 1.23 bits per heavy atom. The molecule has 0 amide bonds. The number of benzene rings is 1. The average Bonchev–Trinajstić information content (AvgIpc) is 2.04. The van der Waals surface area contributed by atoms with Gasteiger partial charge in [-0.25, -0.2) is 4.39 Å². The van der Waals surface area contributed by atoms with Crippen LogP contribution in [0.25, 0.3) is 0 Å². The van der Waals surface area contributed by atoms with E-state index in [2.05, 4.69) is 13.8 Å². The van der Waals surface area contributed by atoms with Crippen LogP contribution < -0.4 is 5.73 Å². The van der Waals surface area contributed by atoms with Gasteiger partial charge in [-0.2, -0.15) is 0 Å². The van der Waals surface area contributed by atoms with E-state index in [4.69, 9.17) is 5.73 Å². The molecule has 0 fully saturated rings. The van der Waals surface area contributed by atoms with Crippen LogP contribution in [0.5, 0.6) is 0 Å². The largest absolute Gasteiger partial charge is 0.324 e. The van der Waals surface area contributed by atoms with Crippen LogP contribution in [0.15, 0.2) is 24.3 Å². The SMILES string of the molecule is CC(C)CC(N)c1ccc(F)cc1. The predicted molar refractivity (Wildman–Crippen MR) is 52.8 cm³/mol. The first kappa shape index (κ1) is 10.2. The summed E-state index contributed by atoms with van der Waals surface area (Å²) in [6.45, 7) is 4.26. The van der Waals surface area contributed by atoms with E-state index < -0.39 is 0 Å². The molecule has 0 radical (unpaired) electrons. The summed E-state index contributed by atoms with van der Waals surface area (Å²) in [7, 11) is 0. The lowest BCUT2D eigenvalue weighted by atomic mass is 9.98. The molecule has 0 heterocycles. The van der Waals surface area contributed by atoms with Crippen LogP contribution in [0.2, 0.25) is 0 Å². The van der Waals surface area contributed by atoms with Gasteiger partial charge in [0.15, 0.2) is 0 Å². The summed E-state index contributed by atoms with van der Waals surface area (Å²) in [5.41, 5.74) is 6.93. The minimum Gasteiger partial charge on any atom is -0.324 e. The second-order valence-corrected chi connectivity index (χ2v) is 3.79. The molecular formula is C11H16FN. The molecule has 1 aromatic carbocycles. The molecule has 1 unspecified atom stereocenters. The summed E-state index contributed by atoms with van der Waals surface area (Å²) in [5.74, 6) is 0.362. The zero-order chi connectivity index (χ0) is 9.84. The van der Waals surface area contributed by atoms with Crippen molar-refractivity contribution in [1.29, 1.82) is 0 Å². The van der Waals surface area contributed by atoms with Gasteiger partial charge in [0.05, 0.1) is 0 Å². The lowest BCUT2D eigenvalue weighted by molar-refractivity contribution is 0.509. The molecule has 0 aliphatic rings. The fourth-order valence-electron chi connectivity index (χ4n) is 1.35. The Balaban J connectivity index is 2.66. The van der Waals surface area contributed by atoms with E-state index in [0.717, 1.165) is 12.0 Å². The van der Waals surface area contributed by atoms with Gasteiger partial charge in [-0.3, -0.25) is 0 Å². The highest BCUT2D eigenvalue weighted by Crippen LogP contribution is 2.18. The Hall–Kier alpha value is -0.890. The second-order valence-electron chi connectivity index (χ2n) is 3.79. The normalized spacial score (nSPS) is 13.3. The van der Waals surface area contributed by atoms with Crippen molar-refractivity contribution in [1.82, 2.24) is 0 Å². The predicted octanol–water partition coefficient (Wildman–Crippen LogP) is 2.87. The number of rotatable bonds is 3. The quantitative estimate of drug-likeness (QED) is 0.762. The van der Waals surface area contributed by atoms with E-state index in [1.54, 1.807) is 12.1 Å². The van der Waals surface area contributed by atoms with Crippen LogP contribution in [0.4, 0.5) is 4.39 Å². The minimum atomic E-state index is -0.208. The number of nitrogens with two attached hydrogens (primary N) is 1. The lowest BCUT2D eigenvalue weighted by Gasteiger charge is -2.13. The summed E-state index contributed by atoms with van der Waals surface area (Å²) in [6, 6.07) is 6.44. The third-order valence-corrected chi connectivity index (χ3v) is 2.02. The number of hydrogen-bond donors (Lipinski definition) is 1. The van der Waals surface area contributed by atoms with E-state index in [1.807, 2.05) is 0 Å². The number of hydrogen-bond acceptors (Lipinski definition) is 1. The average molecular weight is 181 g/mol. The number of halogens is 1. The highest BCUT2D eigenvalue weighted by atomic mass is 19.1. The van der Waals surface area contributed by atoms with E-state index >= 15 is 0 Å². The van der Waals surface area contributed by atoms with Crippen molar-refractivity contribution in [3.05, 3.63) is 35.6 Å². The molecule has 13 heavy (non-hydrogen) atoms. The molecule has 2 N–H and O–H groups in total. The smallest absolute Gasteiger partial charge is 0.123 e. The van der Waals surface area contributed by atoms with Gasteiger partial charge in [0, 0.05) is 6.04 Å². The Labute approximate surface area is 78.8 Å². The van der Waals surface area contributed by atoms with E-state index in [0.29, 0.717) is 5.92 Å². The second kappa shape index (κ2) is 4.38. The first-order valence-electron chi connectivity index (χ1n) is 4.60. The molecule has 0 saturated heterocycles. The Bertz CT molecular complexity index is 253. The molecule has 0 saturated carbocycles. The molecule has 0 spiro atoms. The van der Waals surface area contributed by atoms with Crippen LogP contribution in [0.1, 0.15) is 31.9 Å². The first-order chi connectivity index (χ1) is 6.09. The summed E-state index contributed by atoms with van der Waals surface area (Å²) in [4.78, 5) is 0. The molecule has 1 atom stereocenters. The van der Waals surface area contributed by atoms with Crippen LogP contribution in [-0.4, -0.2) is 0 Å². The molecule has 0 aromatic heterocycles. The lowest BCUT2D eigenvalue weighted by Crippen LogP contribution is -2.12. The van der Waals surface area contributed by atoms with Gasteiger partial charge in [-0.1, -0.05) is 26.0 Å². The molecule has 1 rings (SSSR count). The van der Waals surface area contributed by atoms with Crippen molar-refractivity contribution in [2.75, 3.05) is 0 Å². The van der Waals surface area contributed by atoms with Gasteiger partial charge in [0.2, 0.25) is 0 Å². The van der Waals surface area contributed by atoms with Gasteiger partial charge >= 0.3 is 0 Å². The maximum atomic E-state index is 12.6. The van der Waals surface area contributed by atoms with Crippen molar-refractivity contribution >= 4 is 0 Å². The molecular weight excluding hydrogens is 165 g/mol. The highest BCUT2D eigenvalue weighted by Gasteiger charge is 2.07. The first-order valence-corrected chi connectivity index (χ1v) is 4.60. The summed E-state index contributed by atoms with van der Waals surface area (Å²) in [5, 5.41) is 0. The van der Waals surface area contributed by atoms with Crippen molar-refractivity contribution in [2.24, 2.45) is 11.7 Å².